The van der Waals surface area contributed by atoms with E-state index < -0.39 is 5.97 Å². The molecule has 6 heteroatoms. The average Bonchev–Trinajstić information content (AvgIpc) is 3.27. The molecule has 1 aromatic carbocycles. The Hall–Kier alpha value is -2.18. The fraction of sp³-hybridized carbons (Fsp3) is 0.368. The number of amides is 1. The van der Waals surface area contributed by atoms with Crippen LogP contribution >= 0.6 is 11.3 Å². The minimum Gasteiger partial charge on any atom is -0.465 e. The van der Waals surface area contributed by atoms with Crippen LogP contribution in [-0.4, -0.2) is 37.0 Å². The van der Waals surface area contributed by atoms with E-state index in [9.17, 15) is 9.59 Å². The number of aryl methyl sites for hydroxylation is 1. The summed E-state index contributed by atoms with van der Waals surface area (Å²) in [4.78, 5) is 27.7. The van der Waals surface area contributed by atoms with Crippen LogP contribution in [-0.2, 0) is 9.53 Å². The molecule has 2 aromatic rings. The molecule has 1 fully saturated rings. The summed E-state index contributed by atoms with van der Waals surface area (Å²) in [6, 6.07) is 9.69. The van der Waals surface area contributed by atoms with Crippen LogP contribution in [0.1, 0.15) is 39.7 Å². The molecule has 1 saturated heterocycles. The Labute approximate surface area is 151 Å². The fourth-order valence-corrected chi connectivity index (χ4v) is 4.09. The number of benzene rings is 1. The monoisotopic (exact) mass is 358 g/mol. The lowest BCUT2D eigenvalue weighted by Crippen LogP contribution is -2.32. The van der Waals surface area contributed by atoms with Gasteiger partial charge in [-0.2, -0.15) is 0 Å². The lowest BCUT2D eigenvalue weighted by atomic mass is 10.1. The van der Waals surface area contributed by atoms with E-state index in [4.69, 9.17) is 4.74 Å². The summed E-state index contributed by atoms with van der Waals surface area (Å²) >= 11 is 1.74. The Balaban J connectivity index is 1.67. The molecule has 1 aliphatic rings. The number of hydrogen-bond acceptors (Lipinski definition) is 5. The van der Waals surface area contributed by atoms with E-state index >= 15 is 0 Å². The van der Waals surface area contributed by atoms with Crippen LogP contribution < -0.4 is 5.32 Å². The number of ether oxygens (including phenoxy) is 1. The van der Waals surface area contributed by atoms with Crippen LogP contribution in [0.3, 0.4) is 0 Å². The van der Waals surface area contributed by atoms with Gasteiger partial charge in [-0.1, -0.05) is 12.1 Å². The third-order valence-electron chi connectivity index (χ3n) is 4.51. The summed E-state index contributed by atoms with van der Waals surface area (Å²) in [6.45, 7) is 3.18. The molecule has 0 unspecified atom stereocenters. The molecule has 0 aliphatic carbocycles. The molecule has 132 valence electrons. The van der Waals surface area contributed by atoms with Crippen molar-refractivity contribution in [3.8, 4) is 0 Å². The first-order valence-electron chi connectivity index (χ1n) is 8.34. The van der Waals surface area contributed by atoms with Crippen LogP contribution in [0, 0.1) is 6.92 Å². The average molecular weight is 358 g/mol. The van der Waals surface area contributed by atoms with Crippen LogP contribution in [0.4, 0.5) is 5.69 Å². The van der Waals surface area contributed by atoms with Gasteiger partial charge in [-0.15, -0.1) is 11.3 Å². The standard InChI is InChI=1S/C19H22N2O3S/c1-13-7-8-14(19(23)24-2)11-15(13)20-18(22)12-21-9-3-5-16(21)17-6-4-10-25-17/h4,6-8,10-11,16H,3,5,9,12H2,1-2H3,(H,20,22)/t16-/m0/s1. The molecule has 25 heavy (non-hydrogen) atoms. The molecule has 0 bridgehead atoms. The summed E-state index contributed by atoms with van der Waals surface area (Å²) in [5.74, 6) is -0.471. The van der Waals surface area contributed by atoms with Gasteiger partial charge in [-0.3, -0.25) is 9.69 Å². The van der Waals surface area contributed by atoms with Gasteiger partial charge in [0, 0.05) is 16.6 Å². The van der Waals surface area contributed by atoms with Crippen molar-refractivity contribution in [1.82, 2.24) is 4.90 Å². The maximum absolute atomic E-state index is 12.5. The van der Waals surface area contributed by atoms with Crippen molar-refractivity contribution in [1.29, 1.82) is 0 Å². The topological polar surface area (TPSA) is 58.6 Å². The molecule has 1 N–H and O–H groups in total. The Morgan fingerprint density at radius 2 is 2.20 bits per heavy atom. The van der Waals surface area contributed by atoms with Gasteiger partial charge in [0.15, 0.2) is 0 Å². The predicted molar refractivity (Wildman–Crippen MR) is 99.0 cm³/mol. The maximum atomic E-state index is 12.5. The van der Waals surface area contributed by atoms with Crippen molar-refractivity contribution in [2.24, 2.45) is 0 Å². The quantitative estimate of drug-likeness (QED) is 0.830. The molecule has 0 spiro atoms. The molecule has 1 aromatic heterocycles. The van der Waals surface area contributed by atoms with Gasteiger partial charge in [0.1, 0.15) is 0 Å². The lowest BCUT2D eigenvalue weighted by Gasteiger charge is -2.23. The number of thiophene rings is 1. The second-order valence-corrected chi connectivity index (χ2v) is 7.19. The Bertz CT molecular complexity index is 758. The van der Waals surface area contributed by atoms with E-state index in [0.717, 1.165) is 24.9 Å². The van der Waals surface area contributed by atoms with Crippen molar-refractivity contribution in [3.63, 3.8) is 0 Å². The van der Waals surface area contributed by atoms with E-state index in [-0.39, 0.29) is 5.91 Å². The highest BCUT2D eigenvalue weighted by Gasteiger charge is 2.28. The van der Waals surface area contributed by atoms with Crippen LogP contribution in [0.25, 0.3) is 0 Å². The van der Waals surface area contributed by atoms with Gasteiger partial charge in [0.05, 0.1) is 19.2 Å². The Kier molecular flexibility index (Phi) is 5.50. The smallest absolute Gasteiger partial charge is 0.337 e. The van der Waals surface area contributed by atoms with Crippen LogP contribution in [0.15, 0.2) is 35.7 Å². The first-order valence-corrected chi connectivity index (χ1v) is 9.22. The maximum Gasteiger partial charge on any atom is 0.337 e. The molecule has 0 saturated carbocycles. The van der Waals surface area contributed by atoms with Gasteiger partial charge in [0.2, 0.25) is 5.91 Å². The summed E-state index contributed by atoms with van der Waals surface area (Å²) in [7, 11) is 1.35. The van der Waals surface area contributed by atoms with Crippen molar-refractivity contribution in [3.05, 3.63) is 51.7 Å². The van der Waals surface area contributed by atoms with E-state index in [0.29, 0.717) is 23.8 Å². The molecule has 1 amide bonds. The first-order chi connectivity index (χ1) is 12.1. The number of esters is 1. The third-order valence-corrected chi connectivity index (χ3v) is 5.49. The molecular formula is C19H22N2O3S. The number of rotatable bonds is 5. The number of hydrogen-bond donors (Lipinski definition) is 1. The number of likely N-dealkylation sites (tertiary alicyclic amines) is 1. The van der Waals surface area contributed by atoms with Gasteiger partial charge >= 0.3 is 5.97 Å². The number of carbonyl (C=O) groups is 2. The second-order valence-electron chi connectivity index (χ2n) is 6.21. The number of anilines is 1. The molecular weight excluding hydrogens is 336 g/mol. The van der Waals surface area contributed by atoms with Crippen molar-refractivity contribution in [2.45, 2.75) is 25.8 Å². The summed E-state index contributed by atoms with van der Waals surface area (Å²) < 4.78 is 4.74. The highest BCUT2D eigenvalue weighted by atomic mass is 32.1. The molecule has 3 rings (SSSR count). The zero-order valence-corrected chi connectivity index (χ0v) is 15.3. The normalized spacial score (nSPS) is 17.4. The fourth-order valence-electron chi connectivity index (χ4n) is 3.19. The highest BCUT2D eigenvalue weighted by molar-refractivity contribution is 7.10. The largest absolute Gasteiger partial charge is 0.465 e. The minimum atomic E-state index is -0.409. The minimum absolute atomic E-state index is 0.0615. The van der Waals surface area contributed by atoms with E-state index in [1.54, 1.807) is 23.5 Å². The predicted octanol–water partition coefficient (Wildman–Crippen LogP) is 3.62. The van der Waals surface area contributed by atoms with Gasteiger partial charge in [-0.25, -0.2) is 4.79 Å². The number of nitrogens with one attached hydrogen (secondary N) is 1. The summed E-state index contributed by atoms with van der Waals surface area (Å²) in [6.07, 6.45) is 2.19. The van der Waals surface area contributed by atoms with E-state index in [1.165, 1.54) is 12.0 Å². The molecule has 1 atom stereocenters. The van der Waals surface area contributed by atoms with Gasteiger partial charge < -0.3 is 10.1 Å². The van der Waals surface area contributed by atoms with Crippen LogP contribution in [0.5, 0.6) is 0 Å². The third kappa shape index (κ3) is 4.08. The number of nitrogens with zero attached hydrogens (tertiary/aromatic N) is 1. The van der Waals surface area contributed by atoms with Crippen molar-refractivity contribution < 1.29 is 14.3 Å². The molecule has 2 heterocycles. The van der Waals surface area contributed by atoms with E-state index in [1.807, 2.05) is 13.0 Å². The molecule has 0 radical (unpaired) electrons. The van der Waals surface area contributed by atoms with Crippen LogP contribution in [0.2, 0.25) is 0 Å². The molecule has 1 aliphatic heterocycles. The zero-order chi connectivity index (χ0) is 17.8. The van der Waals surface area contributed by atoms with Gasteiger partial charge in [0.25, 0.3) is 0 Å². The Morgan fingerprint density at radius 1 is 1.36 bits per heavy atom. The highest BCUT2D eigenvalue weighted by Crippen LogP contribution is 2.34. The molecule has 5 nitrogen and oxygen atoms in total. The summed E-state index contributed by atoms with van der Waals surface area (Å²) in [5, 5.41) is 5.01. The lowest BCUT2D eigenvalue weighted by molar-refractivity contribution is -0.117. The van der Waals surface area contributed by atoms with Crippen molar-refractivity contribution >= 4 is 28.9 Å². The zero-order valence-electron chi connectivity index (χ0n) is 14.5. The van der Waals surface area contributed by atoms with Gasteiger partial charge in [-0.05, 0) is 55.5 Å². The SMILES string of the molecule is COC(=O)c1ccc(C)c(NC(=O)CN2CCC[C@H]2c2cccs2)c1. The first kappa shape index (κ1) is 17.6. The number of methoxy groups -OCH3 is 1. The van der Waals surface area contributed by atoms with Crippen molar-refractivity contribution in [2.75, 3.05) is 25.5 Å². The Morgan fingerprint density at radius 3 is 2.92 bits per heavy atom. The van der Waals surface area contributed by atoms with E-state index in [2.05, 4.69) is 27.7 Å². The second kappa shape index (κ2) is 7.80. The summed E-state index contributed by atoms with van der Waals surface area (Å²) in [5.41, 5.74) is 2.00. The number of carbonyl (C=O) groups excluding carboxylic acids is 2.